The first-order valence-corrected chi connectivity index (χ1v) is 17.8. The maximum atomic E-state index is 6.52. The average Bonchev–Trinajstić information content (AvgIpc) is 3.60. The van der Waals surface area contributed by atoms with Crippen LogP contribution in [-0.2, 0) is 0 Å². The predicted octanol–water partition coefficient (Wildman–Crippen LogP) is 14.5. The third-order valence-electron chi connectivity index (χ3n) is 10.8. The molecule has 0 unspecified atom stereocenters. The normalized spacial score (nSPS) is 11.8. The summed E-state index contributed by atoms with van der Waals surface area (Å²) in [5, 5.41) is 14.5. The Morgan fingerprint density at radius 1 is 0.327 bits per heavy atom. The second kappa shape index (κ2) is 11.3. The topological polar surface area (TPSA) is 16.4 Å². The third kappa shape index (κ3) is 4.38. The van der Waals surface area contributed by atoms with E-state index in [1.54, 1.807) is 0 Å². The van der Waals surface area contributed by atoms with Gasteiger partial charge in [0.15, 0.2) is 0 Å². The summed E-state index contributed by atoms with van der Waals surface area (Å²) in [6.07, 6.45) is 0. The van der Waals surface area contributed by atoms with Crippen LogP contribution in [0.2, 0.25) is 0 Å². The minimum atomic E-state index is 0.895. The standard InChI is InChI=1S/C50H31NO/c1-4-14-38-32(11-1)21-22-35-29-37(25-27-40(35)38)51(48-31-34-13-3-5-15-39(34)43-18-7-8-19-44(43)48)47-20-10-9-16-41(47)36-24-28-49-46(30-36)45-26-23-33-12-2-6-17-42(33)50(45)52-49/h1-31H. The Labute approximate surface area is 300 Å². The molecule has 0 spiro atoms. The molecule has 52 heavy (non-hydrogen) atoms. The molecule has 11 rings (SSSR count). The smallest absolute Gasteiger partial charge is 0.143 e. The minimum absolute atomic E-state index is 0.895. The number of hydrogen-bond donors (Lipinski definition) is 0. The average molecular weight is 662 g/mol. The van der Waals surface area contributed by atoms with Crippen molar-refractivity contribution >= 4 is 92.9 Å². The van der Waals surface area contributed by atoms with Crippen molar-refractivity contribution in [3.8, 4) is 11.1 Å². The zero-order valence-corrected chi connectivity index (χ0v) is 28.3. The van der Waals surface area contributed by atoms with Crippen molar-refractivity contribution in [3.05, 3.63) is 188 Å². The molecule has 2 heteroatoms. The number of nitrogens with zero attached hydrogens (tertiary/aromatic N) is 1. The van der Waals surface area contributed by atoms with Gasteiger partial charge in [-0.15, -0.1) is 0 Å². The molecular weight excluding hydrogens is 631 g/mol. The summed E-state index contributed by atoms with van der Waals surface area (Å²) in [6, 6.07) is 68.2. The van der Waals surface area contributed by atoms with Crippen LogP contribution in [0.5, 0.6) is 0 Å². The van der Waals surface area contributed by atoms with Crippen LogP contribution in [0, 0.1) is 0 Å². The maximum absolute atomic E-state index is 6.52. The molecule has 11 aromatic rings. The number of para-hydroxylation sites is 1. The van der Waals surface area contributed by atoms with Gasteiger partial charge in [-0.2, -0.15) is 0 Å². The molecule has 0 amide bonds. The molecule has 2 nitrogen and oxygen atoms in total. The zero-order chi connectivity index (χ0) is 34.2. The molecular formula is C50H31NO. The van der Waals surface area contributed by atoms with E-state index in [0.29, 0.717) is 0 Å². The Hall–Kier alpha value is -6.90. The van der Waals surface area contributed by atoms with Crippen LogP contribution in [-0.4, -0.2) is 0 Å². The molecule has 10 aromatic carbocycles. The van der Waals surface area contributed by atoms with E-state index in [4.69, 9.17) is 4.42 Å². The lowest BCUT2D eigenvalue weighted by Crippen LogP contribution is -2.12. The Morgan fingerprint density at radius 3 is 1.75 bits per heavy atom. The summed E-state index contributed by atoms with van der Waals surface area (Å²) < 4.78 is 6.52. The lowest BCUT2D eigenvalue weighted by atomic mass is 9.96. The van der Waals surface area contributed by atoms with E-state index in [0.717, 1.165) is 55.5 Å². The van der Waals surface area contributed by atoms with Gasteiger partial charge in [0.1, 0.15) is 11.2 Å². The van der Waals surface area contributed by atoms with E-state index in [2.05, 4.69) is 193 Å². The van der Waals surface area contributed by atoms with Gasteiger partial charge in [0.05, 0.1) is 11.4 Å². The summed E-state index contributed by atoms with van der Waals surface area (Å²) >= 11 is 0. The molecule has 242 valence electrons. The highest BCUT2D eigenvalue weighted by atomic mass is 16.3. The van der Waals surface area contributed by atoms with E-state index in [9.17, 15) is 0 Å². The van der Waals surface area contributed by atoms with Crippen LogP contribution in [0.1, 0.15) is 0 Å². The number of hydrogen-bond acceptors (Lipinski definition) is 2. The predicted molar refractivity (Wildman–Crippen MR) is 221 cm³/mol. The van der Waals surface area contributed by atoms with Gasteiger partial charge in [0.25, 0.3) is 0 Å². The minimum Gasteiger partial charge on any atom is -0.455 e. The van der Waals surface area contributed by atoms with Gasteiger partial charge in [-0.25, -0.2) is 0 Å². The maximum Gasteiger partial charge on any atom is 0.143 e. The first-order valence-electron chi connectivity index (χ1n) is 17.8. The third-order valence-corrected chi connectivity index (χ3v) is 10.8. The molecule has 0 saturated heterocycles. The van der Waals surface area contributed by atoms with Gasteiger partial charge < -0.3 is 9.32 Å². The second-order valence-electron chi connectivity index (χ2n) is 13.7. The van der Waals surface area contributed by atoms with Crippen molar-refractivity contribution in [3.63, 3.8) is 0 Å². The fraction of sp³-hybridized carbons (Fsp3) is 0. The highest BCUT2D eigenvalue weighted by molar-refractivity contribution is 6.17. The molecule has 0 aliphatic heterocycles. The molecule has 0 N–H and O–H groups in total. The van der Waals surface area contributed by atoms with Gasteiger partial charge in [0.2, 0.25) is 0 Å². The molecule has 0 aliphatic rings. The number of furan rings is 1. The number of benzene rings is 10. The summed E-state index contributed by atoms with van der Waals surface area (Å²) in [5.41, 5.74) is 7.48. The van der Waals surface area contributed by atoms with Crippen molar-refractivity contribution < 1.29 is 4.42 Å². The Morgan fingerprint density at radius 2 is 0.904 bits per heavy atom. The van der Waals surface area contributed by atoms with Crippen molar-refractivity contribution in [1.82, 2.24) is 0 Å². The molecule has 0 fully saturated rings. The van der Waals surface area contributed by atoms with Crippen LogP contribution in [0.25, 0.3) is 86.9 Å². The summed E-state index contributed by atoms with van der Waals surface area (Å²) in [6.45, 7) is 0. The fourth-order valence-electron chi connectivity index (χ4n) is 8.35. The Balaban J connectivity index is 1.18. The Kier molecular flexibility index (Phi) is 6.28. The van der Waals surface area contributed by atoms with Crippen LogP contribution < -0.4 is 4.90 Å². The van der Waals surface area contributed by atoms with Gasteiger partial charge in [-0.05, 0) is 91.1 Å². The molecule has 0 bridgehead atoms. The van der Waals surface area contributed by atoms with E-state index < -0.39 is 0 Å². The first kappa shape index (κ1) is 28.9. The SMILES string of the molecule is c1ccc(N(c2ccc3c(ccc4ccccc43)c2)c2cc3ccccc3c3ccccc23)c(-c2ccc3oc4c5ccccc5ccc4c3c2)c1. The summed E-state index contributed by atoms with van der Waals surface area (Å²) in [4.78, 5) is 2.46. The van der Waals surface area contributed by atoms with E-state index in [-0.39, 0.29) is 0 Å². The molecule has 1 heterocycles. The Bertz CT molecular complexity index is 3210. The highest BCUT2D eigenvalue weighted by Crippen LogP contribution is 2.47. The lowest BCUT2D eigenvalue weighted by molar-refractivity contribution is 0.672. The quantitative estimate of drug-likeness (QED) is 0.175. The number of rotatable bonds is 4. The van der Waals surface area contributed by atoms with Crippen LogP contribution in [0.15, 0.2) is 192 Å². The molecule has 0 aliphatic carbocycles. The lowest BCUT2D eigenvalue weighted by Gasteiger charge is -2.30. The summed E-state index contributed by atoms with van der Waals surface area (Å²) in [5.74, 6) is 0. The first-order chi connectivity index (χ1) is 25.8. The van der Waals surface area contributed by atoms with E-state index >= 15 is 0 Å². The highest BCUT2D eigenvalue weighted by Gasteiger charge is 2.22. The van der Waals surface area contributed by atoms with Gasteiger partial charge in [-0.3, -0.25) is 0 Å². The molecule has 1 aromatic heterocycles. The van der Waals surface area contributed by atoms with Crippen molar-refractivity contribution in [1.29, 1.82) is 0 Å². The van der Waals surface area contributed by atoms with Crippen LogP contribution >= 0.6 is 0 Å². The van der Waals surface area contributed by atoms with E-state index in [1.807, 2.05) is 0 Å². The van der Waals surface area contributed by atoms with Gasteiger partial charge in [-0.1, -0.05) is 146 Å². The summed E-state index contributed by atoms with van der Waals surface area (Å²) in [7, 11) is 0. The second-order valence-corrected chi connectivity index (χ2v) is 13.7. The van der Waals surface area contributed by atoms with Crippen LogP contribution in [0.4, 0.5) is 17.1 Å². The van der Waals surface area contributed by atoms with Crippen LogP contribution in [0.3, 0.4) is 0 Å². The van der Waals surface area contributed by atoms with Crippen molar-refractivity contribution in [2.24, 2.45) is 0 Å². The van der Waals surface area contributed by atoms with Crippen molar-refractivity contribution in [2.45, 2.75) is 0 Å². The number of anilines is 3. The van der Waals surface area contributed by atoms with Crippen molar-refractivity contribution in [2.75, 3.05) is 4.90 Å². The number of fused-ring (bicyclic) bond motifs is 11. The monoisotopic (exact) mass is 661 g/mol. The van der Waals surface area contributed by atoms with Gasteiger partial charge >= 0.3 is 0 Å². The van der Waals surface area contributed by atoms with E-state index in [1.165, 1.54) is 48.5 Å². The molecule has 0 radical (unpaired) electrons. The molecule has 0 saturated carbocycles. The largest absolute Gasteiger partial charge is 0.455 e. The fourth-order valence-corrected chi connectivity index (χ4v) is 8.35. The zero-order valence-electron chi connectivity index (χ0n) is 28.3. The molecule has 0 atom stereocenters. The van der Waals surface area contributed by atoms with Gasteiger partial charge in [0, 0.05) is 32.8 Å².